The minimum absolute atomic E-state index is 0.136. The van der Waals surface area contributed by atoms with Crippen LogP contribution in [0.4, 0.5) is 22.7 Å². The molecule has 0 radical (unpaired) electrons. The number of fused-ring (bicyclic) bond motifs is 1. The van der Waals surface area contributed by atoms with Crippen LogP contribution >= 0.6 is 0 Å². The highest BCUT2D eigenvalue weighted by atomic mass is 16.6. The smallest absolute Gasteiger partial charge is 0.315 e. The van der Waals surface area contributed by atoms with Crippen molar-refractivity contribution in [3.63, 3.8) is 0 Å². The Balaban J connectivity index is 2.16. The van der Waals surface area contributed by atoms with Crippen LogP contribution in [0.15, 0.2) is 42.5 Å². The van der Waals surface area contributed by atoms with E-state index in [4.69, 9.17) is 0 Å². The van der Waals surface area contributed by atoms with Crippen LogP contribution in [0.3, 0.4) is 0 Å². The van der Waals surface area contributed by atoms with E-state index in [0.717, 1.165) is 25.1 Å². The second kappa shape index (κ2) is 5.44. The first kappa shape index (κ1) is 13.4. The predicted octanol–water partition coefficient (Wildman–Crippen LogP) is 3.72. The molecule has 3 rings (SSSR count). The summed E-state index contributed by atoms with van der Waals surface area (Å²) in [5, 5.41) is 14.4. The van der Waals surface area contributed by atoms with Gasteiger partial charge < -0.3 is 10.2 Å². The third-order valence-corrected chi connectivity index (χ3v) is 3.87. The van der Waals surface area contributed by atoms with E-state index in [1.807, 2.05) is 30.3 Å². The molecule has 5 nitrogen and oxygen atoms in total. The molecule has 21 heavy (non-hydrogen) atoms. The number of nitro groups is 1. The number of benzene rings is 2. The summed E-state index contributed by atoms with van der Waals surface area (Å²) in [5.74, 6) is 0. The fourth-order valence-corrected chi connectivity index (χ4v) is 2.93. The van der Waals surface area contributed by atoms with Crippen molar-refractivity contribution in [1.29, 1.82) is 0 Å². The van der Waals surface area contributed by atoms with Crippen LogP contribution < -0.4 is 10.2 Å². The van der Waals surface area contributed by atoms with E-state index < -0.39 is 0 Å². The van der Waals surface area contributed by atoms with Gasteiger partial charge in [-0.3, -0.25) is 10.1 Å². The Hall–Kier alpha value is -2.56. The number of hydrogen-bond donors (Lipinski definition) is 1. The molecule has 0 saturated heterocycles. The van der Waals surface area contributed by atoms with Gasteiger partial charge in [-0.05, 0) is 36.6 Å². The van der Waals surface area contributed by atoms with Crippen molar-refractivity contribution < 1.29 is 4.92 Å². The lowest BCUT2D eigenvalue weighted by Gasteiger charge is -2.31. The lowest BCUT2D eigenvalue weighted by Crippen LogP contribution is -2.25. The molecule has 2 aromatic rings. The maximum atomic E-state index is 11.5. The summed E-state index contributed by atoms with van der Waals surface area (Å²) in [6.45, 7) is 0.797. The quantitative estimate of drug-likeness (QED) is 0.689. The van der Waals surface area contributed by atoms with Gasteiger partial charge in [-0.1, -0.05) is 24.3 Å². The van der Waals surface area contributed by atoms with Crippen molar-refractivity contribution in [2.45, 2.75) is 12.8 Å². The van der Waals surface area contributed by atoms with Gasteiger partial charge in [0.2, 0.25) is 0 Å². The van der Waals surface area contributed by atoms with E-state index in [0.29, 0.717) is 11.4 Å². The molecule has 0 bridgehead atoms. The zero-order valence-electron chi connectivity index (χ0n) is 11.9. The average Bonchev–Trinajstić information content (AvgIpc) is 2.53. The van der Waals surface area contributed by atoms with Crippen molar-refractivity contribution in [3.05, 3.63) is 58.1 Å². The van der Waals surface area contributed by atoms with E-state index in [-0.39, 0.29) is 10.6 Å². The van der Waals surface area contributed by atoms with Crippen LogP contribution in [0.5, 0.6) is 0 Å². The molecular weight excluding hydrogens is 266 g/mol. The van der Waals surface area contributed by atoms with E-state index in [2.05, 4.69) is 16.3 Å². The predicted molar refractivity (Wildman–Crippen MR) is 84.4 cm³/mol. The molecule has 0 unspecified atom stereocenters. The Bertz CT molecular complexity index is 685. The van der Waals surface area contributed by atoms with Gasteiger partial charge >= 0.3 is 5.69 Å². The van der Waals surface area contributed by atoms with Gasteiger partial charge in [-0.15, -0.1) is 0 Å². The molecule has 1 N–H and O–H groups in total. The summed E-state index contributed by atoms with van der Waals surface area (Å²) in [6, 6.07) is 13.5. The highest BCUT2D eigenvalue weighted by molar-refractivity contribution is 5.82. The summed E-state index contributed by atoms with van der Waals surface area (Å²) >= 11 is 0. The van der Waals surface area contributed by atoms with Crippen LogP contribution in [0.2, 0.25) is 0 Å². The maximum Gasteiger partial charge on any atom is 0.315 e. The lowest BCUT2D eigenvalue weighted by atomic mass is 10.0. The number of hydrogen-bond acceptors (Lipinski definition) is 4. The number of nitrogens with one attached hydrogen (secondary N) is 1. The summed E-state index contributed by atoms with van der Waals surface area (Å²) in [5.41, 5.74) is 3.64. The SMILES string of the molecule is CNc1cccc(N2CCCc3ccccc32)c1[N+](=O)[O-]. The molecule has 5 heteroatoms. The third kappa shape index (κ3) is 2.31. The van der Waals surface area contributed by atoms with Crippen LogP contribution in [-0.2, 0) is 6.42 Å². The molecule has 108 valence electrons. The van der Waals surface area contributed by atoms with Crippen LogP contribution in [-0.4, -0.2) is 18.5 Å². The standard InChI is InChI=1S/C16H17N3O2/c1-17-13-8-4-10-15(16(13)19(20)21)18-11-5-7-12-6-2-3-9-14(12)18/h2-4,6,8-10,17H,5,7,11H2,1H3. The average molecular weight is 283 g/mol. The normalized spacial score (nSPS) is 13.7. The highest BCUT2D eigenvalue weighted by Gasteiger charge is 2.26. The van der Waals surface area contributed by atoms with Crippen molar-refractivity contribution in [2.75, 3.05) is 23.8 Å². The minimum Gasteiger partial charge on any atom is -0.382 e. The van der Waals surface area contributed by atoms with Crippen molar-refractivity contribution in [1.82, 2.24) is 0 Å². The highest BCUT2D eigenvalue weighted by Crippen LogP contribution is 2.41. The monoisotopic (exact) mass is 283 g/mol. The summed E-state index contributed by atoms with van der Waals surface area (Å²) in [7, 11) is 1.70. The van der Waals surface area contributed by atoms with Gasteiger partial charge in [0.05, 0.1) is 4.92 Å². The Morgan fingerprint density at radius 3 is 2.67 bits per heavy atom. The van der Waals surface area contributed by atoms with E-state index >= 15 is 0 Å². The first-order valence-electron chi connectivity index (χ1n) is 7.03. The molecule has 1 aliphatic rings. The number of para-hydroxylation sites is 2. The second-order valence-electron chi connectivity index (χ2n) is 5.06. The summed E-state index contributed by atoms with van der Waals surface area (Å²) in [4.78, 5) is 13.2. The molecule has 0 fully saturated rings. The number of nitrogens with zero attached hydrogens (tertiary/aromatic N) is 2. The van der Waals surface area contributed by atoms with E-state index in [1.165, 1.54) is 5.56 Å². The molecular formula is C16H17N3O2. The Labute approximate surface area is 123 Å². The van der Waals surface area contributed by atoms with Crippen molar-refractivity contribution >= 4 is 22.7 Å². The fraction of sp³-hybridized carbons (Fsp3) is 0.250. The largest absolute Gasteiger partial charge is 0.382 e. The molecule has 0 aromatic heterocycles. The number of anilines is 3. The number of nitro benzene ring substituents is 1. The molecule has 2 aromatic carbocycles. The first-order chi connectivity index (χ1) is 10.2. The number of aryl methyl sites for hydroxylation is 1. The summed E-state index contributed by atoms with van der Waals surface area (Å²) < 4.78 is 0. The molecule has 0 amide bonds. The van der Waals surface area contributed by atoms with Gasteiger partial charge in [-0.2, -0.15) is 0 Å². The first-order valence-corrected chi connectivity index (χ1v) is 7.03. The van der Waals surface area contributed by atoms with Crippen LogP contribution in [0.1, 0.15) is 12.0 Å². The Kier molecular flexibility index (Phi) is 3.48. The molecule has 0 aliphatic carbocycles. The van der Waals surface area contributed by atoms with E-state index in [9.17, 15) is 10.1 Å². The van der Waals surface area contributed by atoms with Gasteiger partial charge in [0.1, 0.15) is 11.4 Å². The molecule has 1 aliphatic heterocycles. The Morgan fingerprint density at radius 2 is 1.90 bits per heavy atom. The zero-order chi connectivity index (χ0) is 14.8. The molecule has 1 heterocycles. The van der Waals surface area contributed by atoms with Crippen LogP contribution in [0, 0.1) is 10.1 Å². The van der Waals surface area contributed by atoms with Crippen molar-refractivity contribution in [2.24, 2.45) is 0 Å². The Morgan fingerprint density at radius 1 is 1.14 bits per heavy atom. The van der Waals surface area contributed by atoms with Gasteiger partial charge in [-0.25, -0.2) is 0 Å². The van der Waals surface area contributed by atoms with Gasteiger partial charge in [0.15, 0.2) is 0 Å². The third-order valence-electron chi connectivity index (χ3n) is 3.87. The molecule has 0 atom stereocenters. The molecule has 0 saturated carbocycles. The van der Waals surface area contributed by atoms with E-state index in [1.54, 1.807) is 13.1 Å². The summed E-state index contributed by atoms with van der Waals surface area (Å²) in [6.07, 6.45) is 2.02. The van der Waals surface area contributed by atoms with Gasteiger partial charge in [0, 0.05) is 19.3 Å². The molecule has 0 spiro atoms. The van der Waals surface area contributed by atoms with Gasteiger partial charge in [0.25, 0.3) is 0 Å². The fourth-order valence-electron chi connectivity index (χ4n) is 2.93. The minimum atomic E-state index is -0.307. The zero-order valence-corrected chi connectivity index (χ0v) is 11.9. The second-order valence-corrected chi connectivity index (χ2v) is 5.06. The van der Waals surface area contributed by atoms with Crippen LogP contribution in [0.25, 0.3) is 0 Å². The van der Waals surface area contributed by atoms with Crippen molar-refractivity contribution in [3.8, 4) is 0 Å². The number of rotatable bonds is 3. The maximum absolute atomic E-state index is 11.5. The topological polar surface area (TPSA) is 58.4 Å². The lowest BCUT2D eigenvalue weighted by molar-refractivity contribution is -0.383.